The number of anilines is 1. The summed E-state index contributed by atoms with van der Waals surface area (Å²) in [6, 6.07) is 0. The number of hydrogen-bond donors (Lipinski definition) is 1. The van der Waals surface area contributed by atoms with E-state index in [-0.39, 0.29) is 5.82 Å². The van der Waals surface area contributed by atoms with Crippen molar-refractivity contribution in [3.8, 4) is 0 Å². The highest BCUT2D eigenvalue weighted by Gasteiger charge is 2.22. The summed E-state index contributed by atoms with van der Waals surface area (Å²) in [5.41, 5.74) is 0.459. The zero-order valence-electron chi connectivity index (χ0n) is 10.6. The van der Waals surface area contributed by atoms with Crippen molar-refractivity contribution in [2.45, 2.75) is 51.9 Å². The lowest BCUT2D eigenvalue weighted by Gasteiger charge is -2.12. The van der Waals surface area contributed by atoms with Gasteiger partial charge in [0, 0.05) is 12.5 Å². The lowest BCUT2D eigenvalue weighted by Crippen LogP contribution is -2.11. The van der Waals surface area contributed by atoms with Crippen LogP contribution in [0.4, 0.5) is 10.2 Å². The molecule has 4 heteroatoms. The van der Waals surface area contributed by atoms with E-state index < -0.39 is 0 Å². The van der Waals surface area contributed by atoms with Crippen LogP contribution in [-0.4, -0.2) is 16.5 Å². The predicted molar refractivity (Wildman–Crippen MR) is 66.7 cm³/mol. The Hall–Kier alpha value is -1.19. The van der Waals surface area contributed by atoms with Crippen LogP contribution in [0.15, 0.2) is 0 Å². The molecule has 1 aromatic heterocycles. The topological polar surface area (TPSA) is 37.8 Å². The van der Waals surface area contributed by atoms with E-state index in [9.17, 15) is 4.39 Å². The third-order valence-electron chi connectivity index (χ3n) is 3.30. The molecule has 1 heterocycles. The largest absolute Gasteiger partial charge is 0.368 e. The summed E-state index contributed by atoms with van der Waals surface area (Å²) in [4.78, 5) is 8.65. The second-order valence-corrected chi connectivity index (χ2v) is 4.74. The van der Waals surface area contributed by atoms with Crippen molar-refractivity contribution in [2.75, 3.05) is 11.9 Å². The fourth-order valence-corrected chi connectivity index (χ4v) is 2.31. The molecule has 1 aromatic rings. The molecule has 0 aliphatic heterocycles. The Kier molecular flexibility index (Phi) is 3.92. The average molecular weight is 237 g/mol. The van der Waals surface area contributed by atoms with E-state index in [1.165, 1.54) is 12.8 Å². The first-order valence-electron chi connectivity index (χ1n) is 6.50. The van der Waals surface area contributed by atoms with Crippen molar-refractivity contribution < 1.29 is 4.39 Å². The van der Waals surface area contributed by atoms with Gasteiger partial charge in [-0.2, -0.15) is 0 Å². The summed E-state index contributed by atoms with van der Waals surface area (Å²) < 4.78 is 13.8. The maximum absolute atomic E-state index is 13.8. The molecule has 0 bridgehead atoms. The van der Waals surface area contributed by atoms with Gasteiger partial charge in [-0.25, -0.2) is 14.4 Å². The van der Waals surface area contributed by atoms with E-state index in [0.29, 0.717) is 17.4 Å². The molecule has 2 rings (SSSR count). The Labute approximate surface area is 102 Å². The van der Waals surface area contributed by atoms with Crippen LogP contribution < -0.4 is 5.32 Å². The lowest BCUT2D eigenvalue weighted by atomic mass is 10.1. The molecule has 3 nitrogen and oxygen atoms in total. The van der Waals surface area contributed by atoms with Crippen LogP contribution in [0, 0.1) is 12.7 Å². The van der Waals surface area contributed by atoms with Crippen LogP contribution >= 0.6 is 0 Å². The highest BCUT2D eigenvalue weighted by Crippen LogP contribution is 2.33. The van der Waals surface area contributed by atoms with Crippen LogP contribution in [0.2, 0.25) is 0 Å². The molecule has 1 aliphatic carbocycles. The predicted octanol–water partition coefficient (Wildman–Crippen LogP) is 3.40. The number of nitrogens with zero attached hydrogens (tertiary/aromatic N) is 2. The summed E-state index contributed by atoms with van der Waals surface area (Å²) >= 11 is 0. The monoisotopic (exact) mass is 237 g/mol. The van der Waals surface area contributed by atoms with Gasteiger partial charge in [0.2, 0.25) is 0 Å². The maximum Gasteiger partial charge on any atom is 0.186 e. The number of hydrogen-bond acceptors (Lipinski definition) is 3. The van der Waals surface area contributed by atoms with Gasteiger partial charge < -0.3 is 5.32 Å². The molecule has 94 valence electrons. The Morgan fingerprint density at radius 2 is 2.00 bits per heavy atom. The summed E-state index contributed by atoms with van der Waals surface area (Å²) in [7, 11) is 0. The zero-order chi connectivity index (χ0) is 12.3. The Balaban J connectivity index is 2.24. The van der Waals surface area contributed by atoms with Crippen LogP contribution in [0.25, 0.3) is 0 Å². The van der Waals surface area contributed by atoms with Crippen molar-refractivity contribution >= 4 is 5.82 Å². The Morgan fingerprint density at radius 1 is 1.29 bits per heavy atom. The summed E-state index contributed by atoms with van der Waals surface area (Å²) in [5, 5.41) is 3.04. The van der Waals surface area contributed by atoms with Crippen LogP contribution in [0.5, 0.6) is 0 Å². The number of aromatic nitrogens is 2. The summed E-state index contributed by atoms with van der Waals surface area (Å²) in [6.45, 7) is 4.51. The van der Waals surface area contributed by atoms with Crippen molar-refractivity contribution in [1.82, 2.24) is 9.97 Å². The van der Waals surface area contributed by atoms with E-state index in [4.69, 9.17) is 0 Å². The van der Waals surface area contributed by atoms with Crippen molar-refractivity contribution in [1.29, 1.82) is 0 Å². The molecule has 0 spiro atoms. The van der Waals surface area contributed by atoms with Crippen LogP contribution in [-0.2, 0) is 0 Å². The van der Waals surface area contributed by atoms with Gasteiger partial charge in [0.25, 0.3) is 0 Å². The highest BCUT2D eigenvalue weighted by molar-refractivity contribution is 5.38. The zero-order valence-corrected chi connectivity index (χ0v) is 10.6. The lowest BCUT2D eigenvalue weighted by molar-refractivity contribution is 0.585. The minimum Gasteiger partial charge on any atom is -0.368 e. The molecular weight excluding hydrogens is 217 g/mol. The average Bonchev–Trinajstić information content (AvgIpc) is 2.84. The Bertz CT molecular complexity index is 386. The maximum atomic E-state index is 13.8. The van der Waals surface area contributed by atoms with Crippen LogP contribution in [0.3, 0.4) is 0 Å². The second-order valence-electron chi connectivity index (χ2n) is 4.74. The molecule has 0 amide bonds. The van der Waals surface area contributed by atoms with Crippen molar-refractivity contribution in [2.24, 2.45) is 0 Å². The number of halogens is 1. The number of aryl methyl sites for hydroxylation is 1. The minimum atomic E-state index is -0.305. The van der Waals surface area contributed by atoms with Gasteiger partial charge in [-0.15, -0.1) is 0 Å². The standard InChI is InChI=1S/C13H20FN3/c1-3-8-15-13-11(14)9(2)16-12(17-13)10-6-4-5-7-10/h10H,3-8H2,1-2H3,(H,15,16,17). The molecule has 17 heavy (non-hydrogen) atoms. The summed E-state index contributed by atoms with van der Waals surface area (Å²) in [5.74, 6) is 1.32. The fourth-order valence-electron chi connectivity index (χ4n) is 2.31. The van der Waals surface area contributed by atoms with Gasteiger partial charge in [-0.1, -0.05) is 19.8 Å². The quantitative estimate of drug-likeness (QED) is 0.872. The first kappa shape index (κ1) is 12.3. The molecule has 0 unspecified atom stereocenters. The third-order valence-corrected chi connectivity index (χ3v) is 3.30. The Morgan fingerprint density at radius 3 is 2.65 bits per heavy atom. The van der Waals surface area contributed by atoms with E-state index in [0.717, 1.165) is 31.6 Å². The normalized spacial score (nSPS) is 16.4. The van der Waals surface area contributed by atoms with Gasteiger partial charge >= 0.3 is 0 Å². The third kappa shape index (κ3) is 2.73. The summed E-state index contributed by atoms with van der Waals surface area (Å²) in [6.07, 6.45) is 5.71. The number of rotatable bonds is 4. The molecule has 1 saturated carbocycles. The number of nitrogens with one attached hydrogen (secondary N) is 1. The molecule has 1 fully saturated rings. The smallest absolute Gasteiger partial charge is 0.186 e. The first-order valence-corrected chi connectivity index (χ1v) is 6.50. The van der Waals surface area contributed by atoms with Crippen molar-refractivity contribution in [3.05, 3.63) is 17.3 Å². The van der Waals surface area contributed by atoms with Gasteiger partial charge in [0.15, 0.2) is 11.6 Å². The molecule has 0 aromatic carbocycles. The van der Waals surface area contributed by atoms with Gasteiger partial charge in [-0.3, -0.25) is 0 Å². The van der Waals surface area contributed by atoms with E-state index in [1.54, 1.807) is 6.92 Å². The molecule has 0 radical (unpaired) electrons. The fraction of sp³-hybridized carbons (Fsp3) is 0.692. The molecule has 1 N–H and O–H groups in total. The first-order chi connectivity index (χ1) is 8.22. The SMILES string of the molecule is CCCNc1nc(C2CCCC2)nc(C)c1F. The van der Waals surface area contributed by atoms with Gasteiger partial charge in [0.05, 0.1) is 5.69 Å². The minimum absolute atomic E-state index is 0.305. The van der Waals surface area contributed by atoms with Gasteiger partial charge in [0.1, 0.15) is 5.82 Å². The van der Waals surface area contributed by atoms with Crippen LogP contribution in [0.1, 0.15) is 56.5 Å². The van der Waals surface area contributed by atoms with E-state index >= 15 is 0 Å². The second kappa shape index (κ2) is 5.43. The highest BCUT2D eigenvalue weighted by atomic mass is 19.1. The molecule has 1 aliphatic rings. The van der Waals surface area contributed by atoms with Gasteiger partial charge in [-0.05, 0) is 26.2 Å². The molecular formula is C13H20FN3. The van der Waals surface area contributed by atoms with Crippen molar-refractivity contribution in [3.63, 3.8) is 0 Å². The van der Waals surface area contributed by atoms with E-state index in [1.807, 2.05) is 0 Å². The molecule has 0 atom stereocenters. The van der Waals surface area contributed by atoms with E-state index in [2.05, 4.69) is 22.2 Å². The molecule has 0 saturated heterocycles.